The first kappa shape index (κ1) is 8.27. The van der Waals surface area contributed by atoms with Crippen LogP contribution in [0.5, 0.6) is 0 Å². The molecule has 0 spiro atoms. The van der Waals surface area contributed by atoms with E-state index in [-0.39, 0.29) is 0 Å². The van der Waals surface area contributed by atoms with Crippen molar-refractivity contribution in [2.75, 3.05) is 0 Å². The number of hydrogen-bond donors (Lipinski definition) is 1. The van der Waals surface area contributed by atoms with Crippen molar-refractivity contribution in [3.63, 3.8) is 0 Å². The molecule has 4 heteroatoms. The highest BCUT2D eigenvalue weighted by molar-refractivity contribution is 9.10. The maximum absolute atomic E-state index is 8.82. The van der Waals surface area contributed by atoms with Crippen molar-refractivity contribution in [1.82, 2.24) is 9.97 Å². The van der Waals surface area contributed by atoms with E-state index in [1.165, 1.54) is 0 Å². The fraction of sp³-hybridized carbons (Fsp3) is 0.111. The van der Waals surface area contributed by atoms with Gasteiger partial charge in [-0.1, -0.05) is 0 Å². The Morgan fingerprint density at radius 2 is 2.38 bits per heavy atom. The van der Waals surface area contributed by atoms with Gasteiger partial charge in [-0.05, 0) is 34.5 Å². The largest absolute Gasteiger partial charge is 0.359 e. The van der Waals surface area contributed by atoms with E-state index >= 15 is 0 Å². The van der Waals surface area contributed by atoms with Gasteiger partial charge in [-0.25, -0.2) is 4.98 Å². The third-order valence-electron chi connectivity index (χ3n) is 1.95. The minimum absolute atomic E-state index is 0.428. The first-order valence-corrected chi connectivity index (χ1v) is 4.56. The second-order valence-corrected chi connectivity index (χ2v) is 3.61. The highest BCUT2D eigenvalue weighted by Gasteiger charge is 2.07. The summed E-state index contributed by atoms with van der Waals surface area (Å²) in [6, 6.07) is 3.96. The molecule has 3 nitrogen and oxygen atoms in total. The quantitative estimate of drug-likeness (QED) is 0.714. The number of fused-ring (bicyclic) bond motifs is 1. The second kappa shape index (κ2) is 2.86. The molecule has 0 aliphatic heterocycles. The monoisotopic (exact) mass is 235 g/mol. The maximum atomic E-state index is 8.82. The molecule has 0 fully saturated rings. The van der Waals surface area contributed by atoms with Gasteiger partial charge in [-0.3, -0.25) is 0 Å². The normalized spacial score (nSPS) is 10.2. The molecule has 0 radical (unpaired) electrons. The number of pyridine rings is 1. The Hall–Kier alpha value is -1.34. The van der Waals surface area contributed by atoms with Gasteiger partial charge >= 0.3 is 0 Å². The van der Waals surface area contributed by atoms with Gasteiger partial charge in [-0.2, -0.15) is 5.26 Å². The van der Waals surface area contributed by atoms with Crippen LogP contribution in [0.15, 0.2) is 16.9 Å². The number of hydrogen-bond acceptors (Lipinski definition) is 2. The molecule has 0 unspecified atom stereocenters. The number of aromatic amines is 1. The molecule has 0 aliphatic rings. The molecule has 0 saturated carbocycles. The Morgan fingerprint density at radius 3 is 3.08 bits per heavy atom. The molecule has 0 atom stereocenters. The third-order valence-corrected chi connectivity index (χ3v) is 2.36. The Balaban J connectivity index is 2.94. The summed E-state index contributed by atoms with van der Waals surface area (Å²) in [5.74, 6) is 0. The Kier molecular flexibility index (Phi) is 1.82. The number of halogens is 1. The minimum atomic E-state index is 0.428. The van der Waals surface area contributed by atoms with Gasteiger partial charge in [0.1, 0.15) is 10.7 Å². The van der Waals surface area contributed by atoms with Crippen LogP contribution in [0.2, 0.25) is 0 Å². The van der Waals surface area contributed by atoms with Crippen LogP contribution in [0.3, 0.4) is 0 Å². The van der Waals surface area contributed by atoms with E-state index in [0.29, 0.717) is 10.3 Å². The molecule has 13 heavy (non-hydrogen) atoms. The molecule has 0 bridgehead atoms. The SMILES string of the molecule is Cc1c[nH]c2c(C#N)nc(Br)cc12. The van der Waals surface area contributed by atoms with Crippen molar-refractivity contribution >= 4 is 26.8 Å². The summed E-state index contributed by atoms with van der Waals surface area (Å²) in [7, 11) is 0. The molecule has 1 N–H and O–H groups in total. The molecular formula is C9H6BrN3. The van der Waals surface area contributed by atoms with Crippen LogP contribution in [0.1, 0.15) is 11.3 Å². The molecule has 2 rings (SSSR count). The van der Waals surface area contributed by atoms with Crippen molar-refractivity contribution in [2.45, 2.75) is 6.92 Å². The zero-order valence-corrected chi connectivity index (χ0v) is 8.51. The van der Waals surface area contributed by atoms with Crippen molar-refractivity contribution in [1.29, 1.82) is 5.26 Å². The van der Waals surface area contributed by atoms with Crippen LogP contribution in [0.25, 0.3) is 10.9 Å². The lowest BCUT2D eigenvalue weighted by atomic mass is 10.2. The number of nitrogens with one attached hydrogen (secondary N) is 1. The van der Waals surface area contributed by atoms with Crippen LogP contribution >= 0.6 is 15.9 Å². The summed E-state index contributed by atoms with van der Waals surface area (Å²) in [5.41, 5.74) is 2.36. The molecular weight excluding hydrogens is 230 g/mol. The van der Waals surface area contributed by atoms with E-state index in [1.807, 2.05) is 19.2 Å². The van der Waals surface area contributed by atoms with E-state index in [0.717, 1.165) is 16.5 Å². The number of aryl methyl sites for hydroxylation is 1. The molecule has 64 valence electrons. The molecule has 2 aromatic rings. The average Bonchev–Trinajstić information content (AvgIpc) is 2.47. The van der Waals surface area contributed by atoms with Crippen molar-refractivity contribution in [3.05, 3.63) is 28.1 Å². The van der Waals surface area contributed by atoms with Gasteiger partial charge < -0.3 is 4.98 Å². The van der Waals surface area contributed by atoms with Crippen molar-refractivity contribution in [3.8, 4) is 6.07 Å². The zero-order valence-electron chi connectivity index (χ0n) is 6.93. The van der Waals surface area contributed by atoms with Crippen LogP contribution in [-0.2, 0) is 0 Å². The smallest absolute Gasteiger partial charge is 0.165 e. The molecule has 0 aromatic carbocycles. The summed E-state index contributed by atoms with van der Waals surface area (Å²) in [4.78, 5) is 7.09. The van der Waals surface area contributed by atoms with Crippen LogP contribution < -0.4 is 0 Å². The van der Waals surface area contributed by atoms with Crippen molar-refractivity contribution < 1.29 is 0 Å². The summed E-state index contributed by atoms with van der Waals surface area (Å²) in [6.07, 6.45) is 1.87. The topological polar surface area (TPSA) is 52.5 Å². The number of aromatic nitrogens is 2. The van der Waals surface area contributed by atoms with Gasteiger partial charge in [0.25, 0.3) is 0 Å². The Labute approximate surface area is 83.5 Å². The van der Waals surface area contributed by atoms with Crippen LogP contribution in [-0.4, -0.2) is 9.97 Å². The van der Waals surface area contributed by atoms with E-state index in [2.05, 4.69) is 32.0 Å². The van der Waals surface area contributed by atoms with Crippen LogP contribution in [0.4, 0.5) is 0 Å². The predicted molar refractivity (Wildman–Crippen MR) is 53.2 cm³/mol. The number of nitrogens with zero attached hydrogens (tertiary/aromatic N) is 2. The average molecular weight is 236 g/mol. The molecule has 2 heterocycles. The zero-order chi connectivity index (χ0) is 9.42. The fourth-order valence-corrected chi connectivity index (χ4v) is 1.72. The van der Waals surface area contributed by atoms with E-state index in [4.69, 9.17) is 5.26 Å². The first-order valence-electron chi connectivity index (χ1n) is 3.76. The van der Waals surface area contributed by atoms with Gasteiger partial charge in [-0.15, -0.1) is 0 Å². The number of rotatable bonds is 0. The highest BCUT2D eigenvalue weighted by atomic mass is 79.9. The lowest BCUT2D eigenvalue weighted by Gasteiger charge is -1.95. The van der Waals surface area contributed by atoms with Crippen LogP contribution in [0, 0.1) is 18.3 Å². The standard InChI is InChI=1S/C9H6BrN3/c1-5-4-12-9-6(5)2-8(10)13-7(9)3-11/h2,4,12H,1H3. The molecule has 0 aliphatic carbocycles. The van der Waals surface area contributed by atoms with E-state index < -0.39 is 0 Å². The third kappa shape index (κ3) is 1.21. The number of H-pyrrole nitrogens is 1. The molecule has 0 amide bonds. The first-order chi connectivity index (χ1) is 6.22. The van der Waals surface area contributed by atoms with Crippen molar-refractivity contribution in [2.24, 2.45) is 0 Å². The maximum Gasteiger partial charge on any atom is 0.165 e. The Morgan fingerprint density at radius 1 is 1.62 bits per heavy atom. The summed E-state index contributed by atoms with van der Waals surface area (Å²) in [6.45, 7) is 1.99. The predicted octanol–water partition coefficient (Wildman–Crippen LogP) is 2.51. The summed E-state index contributed by atoms with van der Waals surface area (Å²) < 4.78 is 0.694. The van der Waals surface area contributed by atoms with Gasteiger partial charge in [0.05, 0.1) is 5.52 Å². The minimum Gasteiger partial charge on any atom is -0.359 e. The molecule has 0 saturated heterocycles. The molecule has 2 aromatic heterocycles. The van der Waals surface area contributed by atoms with Gasteiger partial charge in [0.15, 0.2) is 5.69 Å². The second-order valence-electron chi connectivity index (χ2n) is 2.80. The van der Waals surface area contributed by atoms with E-state index in [9.17, 15) is 0 Å². The highest BCUT2D eigenvalue weighted by Crippen LogP contribution is 2.22. The van der Waals surface area contributed by atoms with E-state index in [1.54, 1.807) is 0 Å². The fourth-order valence-electron chi connectivity index (χ4n) is 1.31. The lowest BCUT2D eigenvalue weighted by Crippen LogP contribution is -1.85. The lowest BCUT2D eigenvalue weighted by molar-refractivity contribution is 1.24. The van der Waals surface area contributed by atoms with Gasteiger partial charge in [0, 0.05) is 11.6 Å². The summed E-state index contributed by atoms with van der Waals surface area (Å²) >= 11 is 3.27. The Bertz CT molecular complexity index is 507. The van der Waals surface area contributed by atoms with Gasteiger partial charge in [0.2, 0.25) is 0 Å². The number of nitriles is 1. The summed E-state index contributed by atoms with van der Waals surface area (Å²) in [5, 5.41) is 9.86.